The largest absolute Gasteiger partial charge is 0.497 e. The summed E-state index contributed by atoms with van der Waals surface area (Å²) in [6.07, 6.45) is 1.69. The fourth-order valence-corrected chi connectivity index (χ4v) is 4.66. The zero-order chi connectivity index (χ0) is 22.5. The first-order valence-corrected chi connectivity index (χ1v) is 11.4. The van der Waals surface area contributed by atoms with Crippen LogP contribution in [-0.4, -0.2) is 52.4 Å². The predicted molar refractivity (Wildman–Crippen MR) is 121 cm³/mol. The normalized spacial score (nSPS) is 15.4. The molecule has 32 heavy (non-hydrogen) atoms. The molecular formula is C23H26F2N4O2S. The van der Waals surface area contributed by atoms with Gasteiger partial charge in [0.05, 0.1) is 18.1 Å². The van der Waals surface area contributed by atoms with E-state index in [-0.39, 0.29) is 23.7 Å². The number of carbonyl (C=O) groups is 1. The number of piperidine rings is 1. The highest BCUT2D eigenvalue weighted by atomic mass is 32.2. The molecule has 1 aliphatic rings. The zero-order valence-corrected chi connectivity index (χ0v) is 18.7. The van der Waals surface area contributed by atoms with Crippen molar-refractivity contribution in [3.8, 4) is 5.75 Å². The number of imidazole rings is 1. The van der Waals surface area contributed by atoms with Gasteiger partial charge in [0.2, 0.25) is 5.91 Å². The van der Waals surface area contributed by atoms with Crippen LogP contribution in [0.3, 0.4) is 0 Å². The number of aromatic nitrogens is 2. The van der Waals surface area contributed by atoms with Crippen LogP contribution in [0.5, 0.6) is 5.75 Å². The molecule has 6 nitrogen and oxygen atoms in total. The third-order valence-electron chi connectivity index (χ3n) is 5.61. The van der Waals surface area contributed by atoms with Gasteiger partial charge in [-0.15, -0.1) is 0 Å². The van der Waals surface area contributed by atoms with E-state index in [4.69, 9.17) is 4.74 Å². The average Bonchev–Trinajstić information content (AvgIpc) is 3.11. The number of para-hydroxylation sites is 2. The number of hydrogen-bond acceptors (Lipinski definition) is 5. The van der Waals surface area contributed by atoms with Crippen LogP contribution >= 0.6 is 11.8 Å². The van der Waals surface area contributed by atoms with Gasteiger partial charge in [-0.25, -0.2) is 4.98 Å². The molecule has 0 radical (unpaired) electrons. The number of fused-ring (bicyclic) bond motifs is 1. The van der Waals surface area contributed by atoms with E-state index in [1.165, 1.54) is 5.56 Å². The van der Waals surface area contributed by atoms with Crippen LogP contribution in [0.4, 0.5) is 8.78 Å². The second-order valence-electron chi connectivity index (χ2n) is 7.82. The van der Waals surface area contributed by atoms with Crippen molar-refractivity contribution in [3.05, 3.63) is 54.1 Å². The number of alkyl halides is 2. The minimum absolute atomic E-state index is 0.0282. The van der Waals surface area contributed by atoms with Gasteiger partial charge in [0.15, 0.2) is 5.16 Å². The standard InChI is InChI=1S/C23H26F2N4O2S/c1-31-18-6-4-5-16(13-18)14-28-11-9-17(10-12-28)26-21(30)15-29-20-8-3-2-7-19(20)27-23(29)32-22(24)25/h2-8,13,17,22H,9-12,14-15H2,1H3,(H,26,30). The van der Waals surface area contributed by atoms with Crippen molar-refractivity contribution in [2.75, 3.05) is 20.2 Å². The number of carbonyl (C=O) groups excluding carboxylic acids is 1. The fourth-order valence-electron chi connectivity index (χ4n) is 4.06. The molecule has 0 spiro atoms. The Labute approximate surface area is 189 Å². The van der Waals surface area contributed by atoms with Crippen LogP contribution in [0.15, 0.2) is 53.7 Å². The Morgan fingerprint density at radius 2 is 2.00 bits per heavy atom. The SMILES string of the molecule is COc1cccc(CN2CCC(NC(=O)Cn3c(SC(F)F)nc4ccccc43)CC2)c1. The van der Waals surface area contributed by atoms with E-state index in [1.54, 1.807) is 29.9 Å². The van der Waals surface area contributed by atoms with E-state index in [2.05, 4.69) is 21.3 Å². The van der Waals surface area contributed by atoms with Crippen LogP contribution in [0.2, 0.25) is 0 Å². The minimum Gasteiger partial charge on any atom is -0.497 e. The van der Waals surface area contributed by atoms with Gasteiger partial charge in [-0.3, -0.25) is 9.69 Å². The van der Waals surface area contributed by atoms with E-state index in [9.17, 15) is 13.6 Å². The van der Waals surface area contributed by atoms with Crippen molar-refractivity contribution in [1.82, 2.24) is 19.8 Å². The number of thioether (sulfide) groups is 1. The molecule has 1 N–H and O–H groups in total. The Bertz CT molecular complexity index is 1070. The number of benzene rings is 2. The molecule has 0 unspecified atom stereocenters. The highest BCUT2D eigenvalue weighted by Crippen LogP contribution is 2.28. The molecule has 170 valence electrons. The van der Waals surface area contributed by atoms with Gasteiger partial charge in [0, 0.05) is 25.7 Å². The summed E-state index contributed by atoms with van der Waals surface area (Å²) >= 11 is 0.366. The molecule has 0 saturated carbocycles. The summed E-state index contributed by atoms with van der Waals surface area (Å²) in [5.41, 5.74) is 2.48. The van der Waals surface area contributed by atoms with Crippen molar-refractivity contribution in [3.63, 3.8) is 0 Å². The summed E-state index contributed by atoms with van der Waals surface area (Å²) in [4.78, 5) is 19.3. The first-order valence-electron chi connectivity index (χ1n) is 10.6. The molecule has 2 heterocycles. The van der Waals surface area contributed by atoms with Gasteiger partial charge in [0.1, 0.15) is 12.3 Å². The van der Waals surface area contributed by atoms with Crippen molar-refractivity contribution in [2.45, 2.75) is 42.9 Å². The number of nitrogens with one attached hydrogen (secondary N) is 1. The van der Waals surface area contributed by atoms with Crippen LogP contribution in [0, 0.1) is 0 Å². The van der Waals surface area contributed by atoms with Gasteiger partial charge in [-0.2, -0.15) is 8.78 Å². The Balaban J connectivity index is 1.33. The predicted octanol–water partition coefficient (Wildman–Crippen LogP) is 4.14. The Hall–Kier alpha value is -2.65. The first-order chi connectivity index (χ1) is 15.5. The summed E-state index contributed by atoms with van der Waals surface area (Å²) in [6.45, 7) is 2.57. The highest BCUT2D eigenvalue weighted by molar-refractivity contribution is 7.99. The maximum atomic E-state index is 13.0. The maximum Gasteiger partial charge on any atom is 0.291 e. The molecule has 0 aliphatic carbocycles. The monoisotopic (exact) mass is 460 g/mol. The van der Waals surface area contributed by atoms with Crippen molar-refractivity contribution >= 4 is 28.7 Å². The molecule has 0 atom stereocenters. The molecule has 1 saturated heterocycles. The lowest BCUT2D eigenvalue weighted by atomic mass is 10.0. The number of ether oxygens (including phenoxy) is 1. The molecule has 1 aromatic heterocycles. The first kappa shape index (κ1) is 22.5. The summed E-state index contributed by atoms with van der Waals surface area (Å²) in [5.74, 6) is -1.93. The quantitative estimate of drug-likeness (QED) is 0.512. The van der Waals surface area contributed by atoms with E-state index in [1.807, 2.05) is 24.3 Å². The van der Waals surface area contributed by atoms with Gasteiger partial charge in [0.25, 0.3) is 5.76 Å². The molecule has 4 rings (SSSR count). The maximum absolute atomic E-state index is 13.0. The molecule has 1 amide bonds. The number of amides is 1. The number of nitrogens with zero attached hydrogens (tertiary/aromatic N) is 3. The highest BCUT2D eigenvalue weighted by Gasteiger charge is 2.23. The summed E-state index contributed by atoms with van der Waals surface area (Å²) in [5, 5.41) is 3.23. The van der Waals surface area contributed by atoms with E-state index < -0.39 is 5.76 Å². The second kappa shape index (κ2) is 10.3. The van der Waals surface area contributed by atoms with Gasteiger partial charge in [-0.1, -0.05) is 24.3 Å². The van der Waals surface area contributed by atoms with Crippen LogP contribution in [0.1, 0.15) is 18.4 Å². The van der Waals surface area contributed by atoms with Gasteiger partial charge >= 0.3 is 0 Å². The number of likely N-dealkylation sites (tertiary alicyclic amines) is 1. The average molecular weight is 461 g/mol. The number of hydrogen-bond donors (Lipinski definition) is 1. The van der Waals surface area contributed by atoms with Crippen LogP contribution in [0.25, 0.3) is 11.0 Å². The minimum atomic E-state index is -2.59. The van der Waals surface area contributed by atoms with E-state index in [0.29, 0.717) is 22.8 Å². The lowest BCUT2D eigenvalue weighted by Crippen LogP contribution is -2.45. The third-order valence-corrected chi connectivity index (χ3v) is 6.31. The van der Waals surface area contributed by atoms with Crippen LogP contribution in [-0.2, 0) is 17.9 Å². The Morgan fingerprint density at radius 3 is 2.75 bits per heavy atom. The zero-order valence-electron chi connectivity index (χ0n) is 17.8. The summed E-state index contributed by atoms with van der Waals surface area (Å²) in [6, 6.07) is 15.3. The molecule has 9 heteroatoms. The molecule has 1 fully saturated rings. The molecule has 1 aliphatic heterocycles. The molecular weight excluding hydrogens is 434 g/mol. The van der Waals surface area contributed by atoms with E-state index in [0.717, 1.165) is 38.2 Å². The second-order valence-corrected chi connectivity index (χ2v) is 8.77. The number of rotatable bonds is 8. The molecule has 3 aromatic rings. The van der Waals surface area contributed by atoms with Gasteiger partial charge in [-0.05, 0) is 54.4 Å². The third kappa shape index (κ3) is 5.58. The fraction of sp³-hybridized carbons (Fsp3) is 0.391. The van der Waals surface area contributed by atoms with Crippen LogP contribution < -0.4 is 10.1 Å². The van der Waals surface area contributed by atoms with Crippen molar-refractivity contribution in [2.24, 2.45) is 0 Å². The smallest absolute Gasteiger partial charge is 0.291 e. The summed E-state index contributed by atoms with van der Waals surface area (Å²) in [7, 11) is 1.66. The van der Waals surface area contributed by atoms with Gasteiger partial charge < -0.3 is 14.6 Å². The molecule has 0 bridgehead atoms. The number of methoxy groups -OCH3 is 1. The lowest BCUT2D eigenvalue weighted by Gasteiger charge is -2.32. The Morgan fingerprint density at radius 1 is 1.22 bits per heavy atom. The topological polar surface area (TPSA) is 59.4 Å². The van der Waals surface area contributed by atoms with Crippen molar-refractivity contribution in [1.29, 1.82) is 0 Å². The summed E-state index contributed by atoms with van der Waals surface area (Å²) < 4.78 is 32.8. The lowest BCUT2D eigenvalue weighted by molar-refractivity contribution is -0.122. The molecule has 2 aromatic carbocycles. The number of halogens is 2. The van der Waals surface area contributed by atoms with E-state index >= 15 is 0 Å². The Kier molecular flexibility index (Phi) is 7.26. The van der Waals surface area contributed by atoms with Crippen molar-refractivity contribution < 1.29 is 18.3 Å².